The summed E-state index contributed by atoms with van der Waals surface area (Å²) in [5.74, 6) is 0.0594. The van der Waals surface area contributed by atoms with Crippen LogP contribution in [0.2, 0.25) is 0 Å². The van der Waals surface area contributed by atoms with Gasteiger partial charge in [0.1, 0.15) is 12.4 Å². The van der Waals surface area contributed by atoms with Crippen molar-refractivity contribution in [3.8, 4) is 17.1 Å². The molecule has 3 aromatic rings. The summed E-state index contributed by atoms with van der Waals surface area (Å²) < 4.78 is 18.3. The average molecular weight is 491 g/mol. The van der Waals surface area contributed by atoms with E-state index in [2.05, 4.69) is 5.32 Å². The van der Waals surface area contributed by atoms with E-state index in [-0.39, 0.29) is 18.6 Å². The lowest BCUT2D eigenvalue weighted by atomic mass is 9.85. The van der Waals surface area contributed by atoms with E-state index in [0.717, 1.165) is 22.2 Å². The Kier molecular flexibility index (Phi) is 5.22. The maximum Gasteiger partial charge on any atom is 0.411 e. The van der Waals surface area contributed by atoms with Crippen LogP contribution in [0.3, 0.4) is 0 Å². The zero-order valence-electron chi connectivity index (χ0n) is 20.1. The third-order valence-electron chi connectivity index (χ3n) is 7.32. The number of pyridine rings is 2. The van der Waals surface area contributed by atoms with Gasteiger partial charge in [-0.15, -0.1) is 0 Å². The van der Waals surface area contributed by atoms with Crippen molar-refractivity contribution in [1.29, 1.82) is 0 Å². The van der Waals surface area contributed by atoms with Crippen molar-refractivity contribution >= 4 is 23.0 Å². The maximum atomic E-state index is 13.6. The molecule has 186 valence electrons. The monoisotopic (exact) mass is 490 g/mol. The van der Waals surface area contributed by atoms with Crippen LogP contribution in [0, 0.1) is 0 Å². The number of aromatic nitrogens is 2. The number of cyclic esters (lactones) is 1. The first-order valence-corrected chi connectivity index (χ1v) is 12.1. The lowest BCUT2D eigenvalue weighted by molar-refractivity contribution is -0.173. The number of piperazine rings is 1. The highest BCUT2D eigenvalue weighted by molar-refractivity contribution is 5.88. The molecule has 36 heavy (non-hydrogen) atoms. The highest BCUT2D eigenvalue weighted by Gasteiger charge is 2.51. The number of rotatable bonds is 3. The fourth-order valence-corrected chi connectivity index (χ4v) is 5.31. The van der Waals surface area contributed by atoms with Gasteiger partial charge in [0, 0.05) is 42.7 Å². The van der Waals surface area contributed by atoms with E-state index < -0.39 is 17.7 Å². The third-order valence-corrected chi connectivity index (χ3v) is 7.32. The van der Waals surface area contributed by atoms with Gasteiger partial charge in [-0.1, -0.05) is 6.92 Å². The Balaban J connectivity index is 1.48. The third kappa shape index (κ3) is 3.28. The molecule has 0 bridgehead atoms. The van der Waals surface area contributed by atoms with E-state index in [1.807, 2.05) is 24.3 Å². The minimum Gasteiger partial charge on any atom is -0.497 e. The van der Waals surface area contributed by atoms with Crippen LogP contribution in [-0.4, -0.2) is 59.8 Å². The fourth-order valence-electron chi connectivity index (χ4n) is 5.31. The van der Waals surface area contributed by atoms with Crippen LogP contribution in [0.25, 0.3) is 22.3 Å². The molecule has 0 unspecified atom stereocenters. The molecule has 0 saturated carbocycles. The number of esters is 1. The second kappa shape index (κ2) is 8.34. The van der Waals surface area contributed by atoms with Crippen LogP contribution in [0.5, 0.6) is 5.75 Å². The molecule has 2 aromatic heterocycles. The zero-order chi connectivity index (χ0) is 25.0. The zero-order valence-corrected chi connectivity index (χ0v) is 20.1. The number of nitrogens with zero attached hydrogens (tertiary/aromatic N) is 3. The number of methoxy groups -OCH3 is 1. The van der Waals surface area contributed by atoms with Crippen molar-refractivity contribution in [3.05, 3.63) is 57.4 Å². The number of hydrogen-bond donors (Lipinski definition) is 1. The van der Waals surface area contributed by atoms with Crippen molar-refractivity contribution in [1.82, 2.24) is 19.8 Å². The molecular weight excluding hydrogens is 464 g/mol. The van der Waals surface area contributed by atoms with Crippen molar-refractivity contribution in [3.63, 3.8) is 0 Å². The van der Waals surface area contributed by atoms with E-state index in [1.54, 1.807) is 29.6 Å². The Bertz CT molecular complexity index is 1480. The van der Waals surface area contributed by atoms with Gasteiger partial charge in [0.25, 0.3) is 5.56 Å². The fraction of sp³-hybridized carbons (Fsp3) is 0.385. The van der Waals surface area contributed by atoms with Crippen LogP contribution in [0.4, 0.5) is 4.79 Å². The van der Waals surface area contributed by atoms with Gasteiger partial charge in [0.2, 0.25) is 5.60 Å². The number of amides is 1. The Labute approximate surface area is 206 Å². The minimum absolute atomic E-state index is 0.136. The second-order valence-electron chi connectivity index (χ2n) is 9.23. The number of fused-ring (bicyclic) bond motifs is 5. The van der Waals surface area contributed by atoms with Gasteiger partial charge in [-0.2, -0.15) is 0 Å². The number of hydrogen-bond acceptors (Lipinski definition) is 8. The van der Waals surface area contributed by atoms with Gasteiger partial charge in [-0.25, -0.2) is 14.6 Å². The number of benzene rings is 1. The summed E-state index contributed by atoms with van der Waals surface area (Å²) in [6, 6.07) is 9.40. The predicted molar refractivity (Wildman–Crippen MR) is 130 cm³/mol. The Morgan fingerprint density at radius 3 is 2.75 bits per heavy atom. The lowest BCUT2D eigenvalue weighted by Crippen LogP contribution is -2.52. The Morgan fingerprint density at radius 2 is 2.00 bits per heavy atom. The molecule has 0 spiro atoms. The molecule has 3 aliphatic rings. The molecule has 1 aromatic carbocycles. The number of nitrogens with one attached hydrogen (secondary N) is 1. The average Bonchev–Trinajstić information content (AvgIpc) is 3.27. The molecule has 1 fully saturated rings. The van der Waals surface area contributed by atoms with E-state index in [4.69, 9.17) is 19.2 Å². The minimum atomic E-state index is -1.70. The molecule has 5 heterocycles. The standard InChI is InChI=1S/C26H26N4O6/c1-3-26(36-25(33)29-8-6-27-7-9-29)19-12-21-22-16(10-15-11-17(34-2)4-5-20(15)28-22)13-30(21)23(31)18(19)14-35-24(26)32/h4-5,10-12,27H,3,6-9,13-14H2,1-2H3/t26-/m0/s1. The summed E-state index contributed by atoms with van der Waals surface area (Å²) in [5.41, 5.74) is 1.66. The molecule has 0 aliphatic carbocycles. The Morgan fingerprint density at radius 1 is 1.19 bits per heavy atom. The van der Waals surface area contributed by atoms with Gasteiger partial charge >= 0.3 is 12.1 Å². The number of carbonyl (C=O) groups is 2. The summed E-state index contributed by atoms with van der Waals surface area (Å²) in [5, 5.41) is 4.09. The lowest BCUT2D eigenvalue weighted by Gasteiger charge is -2.37. The van der Waals surface area contributed by atoms with Gasteiger partial charge in [-0.3, -0.25) is 4.79 Å². The van der Waals surface area contributed by atoms with Crippen LogP contribution < -0.4 is 15.6 Å². The van der Waals surface area contributed by atoms with E-state index in [9.17, 15) is 14.4 Å². The van der Waals surface area contributed by atoms with Crippen molar-refractivity contribution in [2.45, 2.75) is 32.1 Å². The van der Waals surface area contributed by atoms with Crippen LogP contribution in [-0.2, 0) is 33.0 Å². The summed E-state index contributed by atoms with van der Waals surface area (Å²) in [4.78, 5) is 46.2. The normalized spacial score (nSPS) is 20.4. The summed E-state index contributed by atoms with van der Waals surface area (Å²) in [6.45, 7) is 4.18. The first-order chi connectivity index (χ1) is 17.4. The van der Waals surface area contributed by atoms with Crippen LogP contribution in [0.1, 0.15) is 30.0 Å². The molecule has 3 aliphatic heterocycles. The van der Waals surface area contributed by atoms with Crippen molar-refractivity contribution in [2.75, 3.05) is 33.3 Å². The summed E-state index contributed by atoms with van der Waals surface area (Å²) in [6.07, 6.45) is -0.459. The van der Waals surface area contributed by atoms with E-state index in [1.165, 1.54) is 0 Å². The maximum absolute atomic E-state index is 13.6. The largest absolute Gasteiger partial charge is 0.497 e. The predicted octanol–water partition coefficient (Wildman–Crippen LogP) is 2.14. The molecule has 1 amide bonds. The van der Waals surface area contributed by atoms with Crippen LogP contribution in [0.15, 0.2) is 35.1 Å². The van der Waals surface area contributed by atoms with Crippen LogP contribution >= 0.6 is 0 Å². The van der Waals surface area contributed by atoms with Gasteiger partial charge in [-0.05, 0) is 36.8 Å². The van der Waals surface area contributed by atoms with E-state index in [0.29, 0.717) is 55.2 Å². The molecule has 0 radical (unpaired) electrons. The van der Waals surface area contributed by atoms with Gasteiger partial charge in [0.15, 0.2) is 0 Å². The molecule has 1 atom stereocenters. The number of carbonyl (C=O) groups excluding carboxylic acids is 2. The second-order valence-corrected chi connectivity index (χ2v) is 9.23. The smallest absolute Gasteiger partial charge is 0.411 e. The molecule has 1 N–H and O–H groups in total. The molecule has 10 nitrogen and oxygen atoms in total. The topological polar surface area (TPSA) is 112 Å². The van der Waals surface area contributed by atoms with E-state index >= 15 is 0 Å². The van der Waals surface area contributed by atoms with Crippen molar-refractivity contribution < 1.29 is 23.8 Å². The molecule has 6 rings (SSSR count). The van der Waals surface area contributed by atoms with Gasteiger partial charge in [0.05, 0.1) is 36.1 Å². The highest BCUT2D eigenvalue weighted by atomic mass is 16.6. The quantitative estimate of drug-likeness (QED) is 0.435. The molecule has 10 heteroatoms. The first kappa shape index (κ1) is 22.5. The molecular formula is C26H26N4O6. The first-order valence-electron chi connectivity index (χ1n) is 12.1. The summed E-state index contributed by atoms with van der Waals surface area (Å²) in [7, 11) is 1.61. The highest BCUT2D eigenvalue weighted by Crippen LogP contribution is 2.41. The number of ether oxygens (including phenoxy) is 3. The van der Waals surface area contributed by atoms with Gasteiger partial charge < -0.3 is 29.0 Å². The molecule has 1 saturated heterocycles. The summed E-state index contributed by atoms with van der Waals surface area (Å²) >= 11 is 0. The SMILES string of the molecule is CC[C@@]1(OC(=O)N2CCNCC2)C(=O)OCc2c1cc1n(c2=O)Cc2cc3cc(OC)ccc3nc2-1. The Hall–Kier alpha value is -3.92. The van der Waals surface area contributed by atoms with Crippen molar-refractivity contribution in [2.24, 2.45) is 0 Å².